The second-order valence-electron chi connectivity index (χ2n) is 6.54. The number of methoxy groups -OCH3 is 1. The van der Waals surface area contributed by atoms with Gasteiger partial charge in [0.15, 0.2) is 0 Å². The number of rotatable bonds is 8. The Morgan fingerprint density at radius 3 is 2.44 bits per heavy atom. The number of aryl methyl sites for hydroxylation is 1. The second kappa shape index (κ2) is 8.65. The van der Waals surface area contributed by atoms with Crippen molar-refractivity contribution in [2.75, 3.05) is 31.4 Å². The zero-order chi connectivity index (χ0) is 19.4. The molecule has 0 N–H and O–H groups in total. The van der Waals surface area contributed by atoms with Gasteiger partial charge in [0.25, 0.3) is 0 Å². The van der Waals surface area contributed by atoms with Gasteiger partial charge in [0.2, 0.25) is 5.88 Å². The molecule has 0 amide bonds. The van der Waals surface area contributed by atoms with Gasteiger partial charge in [0.05, 0.1) is 29.7 Å². The number of hydrogen-bond donors (Lipinski definition) is 0. The predicted molar refractivity (Wildman–Crippen MR) is 114 cm³/mol. The quantitative estimate of drug-likeness (QED) is 0.508. The van der Waals surface area contributed by atoms with Gasteiger partial charge in [-0.3, -0.25) is 0 Å². The minimum atomic E-state index is 0.631. The Morgan fingerprint density at radius 2 is 1.85 bits per heavy atom. The lowest BCUT2D eigenvalue weighted by molar-refractivity contribution is 0.397. The van der Waals surface area contributed by atoms with E-state index in [4.69, 9.17) is 9.84 Å². The van der Waals surface area contributed by atoms with Crippen molar-refractivity contribution in [3.63, 3.8) is 0 Å². The molecule has 0 aromatic carbocycles. The van der Waals surface area contributed by atoms with Crippen molar-refractivity contribution in [2.24, 2.45) is 0 Å². The molecular formula is C21H28N4OS. The van der Waals surface area contributed by atoms with Gasteiger partial charge in [-0.05, 0) is 44.2 Å². The third kappa shape index (κ3) is 3.76. The molecule has 0 aliphatic carbocycles. The number of aromatic nitrogens is 3. The maximum Gasteiger partial charge on any atom is 0.213 e. The van der Waals surface area contributed by atoms with Crippen molar-refractivity contribution in [1.82, 2.24) is 14.6 Å². The summed E-state index contributed by atoms with van der Waals surface area (Å²) >= 11 is 1.71. The summed E-state index contributed by atoms with van der Waals surface area (Å²) in [5, 5.41) is 6.03. The van der Waals surface area contributed by atoms with Crippen LogP contribution in [0.1, 0.15) is 32.4 Å². The molecule has 0 spiro atoms. The van der Waals surface area contributed by atoms with E-state index in [0.717, 1.165) is 53.4 Å². The van der Waals surface area contributed by atoms with E-state index < -0.39 is 0 Å². The largest absolute Gasteiger partial charge is 0.481 e. The number of thioether (sulfide) groups is 1. The van der Waals surface area contributed by atoms with Crippen LogP contribution in [0.5, 0.6) is 5.88 Å². The molecule has 3 aromatic heterocycles. The Labute approximate surface area is 165 Å². The van der Waals surface area contributed by atoms with E-state index in [1.54, 1.807) is 18.9 Å². The molecule has 3 rings (SSSR count). The van der Waals surface area contributed by atoms with Crippen LogP contribution in [0.3, 0.4) is 0 Å². The van der Waals surface area contributed by atoms with Gasteiger partial charge < -0.3 is 9.64 Å². The van der Waals surface area contributed by atoms with Gasteiger partial charge in [-0.15, -0.1) is 11.8 Å². The summed E-state index contributed by atoms with van der Waals surface area (Å²) in [7, 11) is 1.64. The Bertz CT molecular complexity index is 916. The van der Waals surface area contributed by atoms with Crippen molar-refractivity contribution >= 4 is 23.0 Å². The monoisotopic (exact) mass is 384 g/mol. The topological polar surface area (TPSA) is 42.7 Å². The second-order valence-corrected chi connectivity index (χ2v) is 7.33. The summed E-state index contributed by atoms with van der Waals surface area (Å²) in [6, 6.07) is 10.3. The van der Waals surface area contributed by atoms with Gasteiger partial charge in [-0.25, -0.2) is 9.50 Å². The van der Waals surface area contributed by atoms with E-state index >= 15 is 0 Å². The van der Waals surface area contributed by atoms with Crippen molar-refractivity contribution in [1.29, 1.82) is 0 Å². The summed E-state index contributed by atoms with van der Waals surface area (Å²) in [6.45, 7) is 8.54. The first-order valence-electron chi connectivity index (χ1n) is 9.47. The summed E-state index contributed by atoms with van der Waals surface area (Å²) < 4.78 is 7.32. The molecule has 6 heteroatoms. The maximum absolute atomic E-state index is 5.26. The van der Waals surface area contributed by atoms with Crippen LogP contribution < -0.4 is 9.64 Å². The number of nitrogens with zero attached hydrogens (tertiary/aromatic N) is 4. The molecule has 0 radical (unpaired) electrons. The standard InChI is InChI=1S/C21H28N4OS/c1-6-13-24(14-7-2)20-18-10-8-9-17(25(18)23-21(20)27-5)16-11-12-19(26-4)22-15(16)3/h8-12H,6-7,13-14H2,1-5H3. The van der Waals surface area contributed by atoms with E-state index in [1.807, 2.05) is 13.0 Å². The lowest BCUT2D eigenvalue weighted by Gasteiger charge is -2.23. The van der Waals surface area contributed by atoms with Crippen LogP contribution in [0, 0.1) is 6.92 Å². The minimum absolute atomic E-state index is 0.631. The minimum Gasteiger partial charge on any atom is -0.481 e. The molecule has 0 aliphatic heterocycles. The van der Waals surface area contributed by atoms with Gasteiger partial charge in [-0.2, -0.15) is 5.10 Å². The van der Waals surface area contributed by atoms with Crippen molar-refractivity contribution < 1.29 is 4.74 Å². The third-order valence-electron chi connectivity index (χ3n) is 4.64. The molecule has 0 atom stereocenters. The van der Waals surface area contributed by atoms with Crippen LogP contribution in [-0.4, -0.2) is 41.1 Å². The number of anilines is 1. The van der Waals surface area contributed by atoms with Crippen LogP contribution in [0.25, 0.3) is 16.8 Å². The number of pyridine rings is 2. The average molecular weight is 385 g/mol. The number of hydrogen-bond acceptors (Lipinski definition) is 5. The van der Waals surface area contributed by atoms with Gasteiger partial charge >= 0.3 is 0 Å². The molecule has 0 unspecified atom stereocenters. The summed E-state index contributed by atoms with van der Waals surface area (Å²) in [5.41, 5.74) is 5.44. The molecule has 5 nitrogen and oxygen atoms in total. The Kier molecular flexibility index (Phi) is 6.26. The normalized spacial score (nSPS) is 11.1. The zero-order valence-electron chi connectivity index (χ0n) is 16.8. The predicted octanol–water partition coefficient (Wildman–Crippen LogP) is 5.06. The molecule has 27 heavy (non-hydrogen) atoms. The maximum atomic E-state index is 5.26. The molecule has 0 saturated carbocycles. The van der Waals surface area contributed by atoms with E-state index in [-0.39, 0.29) is 0 Å². The number of fused-ring (bicyclic) bond motifs is 1. The number of ether oxygens (including phenoxy) is 1. The van der Waals surface area contributed by atoms with Gasteiger partial charge in [0.1, 0.15) is 5.03 Å². The molecule has 0 aliphatic rings. The fourth-order valence-corrected chi connectivity index (χ4v) is 4.06. The molecule has 144 valence electrons. The first-order chi connectivity index (χ1) is 13.1. The highest BCUT2D eigenvalue weighted by atomic mass is 32.2. The first-order valence-corrected chi connectivity index (χ1v) is 10.7. The van der Waals surface area contributed by atoms with Crippen LogP contribution in [0.2, 0.25) is 0 Å². The SMILES string of the molecule is CCCN(CCC)c1c(SC)nn2c(-c3ccc(OC)nc3C)cccc12. The van der Waals surface area contributed by atoms with Gasteiger partial charge in [0, 0.05) is 24.7 Å². The molecule has 3 aromatic rings. The lowest BCUT2D eigenvalue weighted by atomic mass is 10.1. The first kappa shape index (κ1) is 19.5. The van der Waals surface area contributed by atoms with Crippen molar-refractivity contribution in [3.8, 4) is 17.1 Å². The van der Waals surface area contributed by atoms with Crippen LogP contribution >= 0.6 is 11.8 Å². The fraction of sp³-hybridized carbons (Fsp3) is 0.429. The molecule has 0 saturated heterocycles. The highest BCUT2D eigenvalue weighted by molar-refractivity contribution is 7.98. The smallest absolute Gasteiger partial charge is 0.213 e. The van der Waals surface area contributed by atoms with E-state index in [9.17, 15) is 0 Å². The van der Waals surface area contributed by atoms with Crippen LogP contribution in [-0.2, 0) is 0 Å². The molecule has 3 heterocycles. The van der Waals surface area contributed by atoms with Crippen LogP contribution in [0.4, 0.5) is 5.69 Å². The van der Waals surface area contributed by atoms with Crippen LogP contribution in [0.15, 0.2) is 35.4 Å². The summed E-state index contributed by atoms with van der Waals surface area (Å²) in [4.78, 5) is 7.01. The fourth-order valence-electron chi connectivity index (χ4n) is 3.47. The lowest BCUT2D eigenvalue weighted by Crippen LogP contribution is -2.25. The van der Waals surface area contributed by atoms with E-state index in [0.29, 0.717) is 5.88 Å². The Hall–Kier alpha value is -2.21. The van der Waals surface area contributed by atoms with E-state index in [2.05, 4.69) is 58.8 Å². The molecular weight excluding hydrogens is 356 g/mol. The summed E-state index contributed by atoms with van der Waals surface area (Å²) in [6.07, 6.45) is 4.33. The Balaban J connectivity index is 2.20. The zero-order valence-corrected chi connectivity index (χ0v) is 17.6. The highest BCUT2D eigenvalue weighted by Gasteiger charge is 2.20. The molecule has 0 bridgehead atoms. The third-order valence-corrected chi connectivity index (χ3v) is 5.30. The van der Waals surface area contributed by atoms with E-state index in [1.165, 1.54) is 5.69 Å². The summed E-state index contributed by atoms with van der Waals surface area (Å²) in [5.74, 6) is 0.631. The highest BCUT2D eigenvalue weighted by Crippen LogP contribution is 2.36. The molecule has 0 fully saturated rings. The average Bonchev–Trinajstić information content (AvgIpc) is 3.06. The van der Waals surface area contributed by atoms with Crippen molar-refractivity contribution in [2.45, 2.75) is 38.6 Å². The van der Waals surface area contributed by atoms with Gasteiger partial charge in [-0.1, -0.05) is 19.9 Å². The van der Waals surface area contributed by atoms with Crippen molar-refractivity contribution in [3.05, 3.63) is 36.0 Å². The Morgan fingerprint density at radius 1 is 1.11 bits per heavy atom.